The molecule has 0 aromatic carbocycles. The van der Waals surface area contributed by atoms with E-state index in [0.29, 0.717) is 6.61 Å². The van der Waals surface area contributed by atoms with Gasteiger partial charge < -0.3 is 10.5 Å². The van der Waals surface area contributed by atoms with E-state index in [1.807, 2.05) is 6.92 Å². The SMILES string of the molecule is C=CCOC(Br)C(Br)C(C)(N)C(Br)CBr. The van der Waals surface area contributed by atoms with Crippen LogP contribution in [0.5, 0.6) is 0 Å². The highest BCUT2D eigenvalue weighted by Crippen LogP contribution is 2.31. The highest BCUT2D eigenvalue weighted by molar-refractivity contribution is 9.12. The van der Waals surface area contributed by atoms with Crippen molar-refractivity contribution in [1.82, 2.24) is 0 Å². The number of alkyl halides is 4. The summed E-state index contributed by atoms with van der Waals surface area (Å²) in [5, 5.41) is 0.633. The van der Waals surface area contributed by atoms with E-state index in [0.717, 1.165) is 5.33 Å². The molecule has 2 N–H and O–H groups in total. The van der Waals surface area contributed by atoms with Crippen LogP contribution in [0, 0.1) is 0 Å². The Labute approximate surface area is 125 Å². The molecule has 0 aliphatic rings. The summed E-state index contributed by atoms with van der Waals surface area (Å²) in [6, 6.07) is 0. The Morgan fingerprint density at radius 3 is 2.40 bits per heavy atom. The molecule has 0 bridgehead atoms. The standard InChI is InChI=1S/C9H15Br4NO/c1-3-4-15-8(13)7(12)9(2,14)6(11)5-10/h3,6-8H,1,4-5,14H2,2H3. The molecule has 0 spiro atoms. The van der Waals surface area contributed by atoms with Crippen LogP contribution in [0.15, 0.2) is 12.7 Å². The lowest BCUT2D eigenvalue weighted by Crippen LogP contribution is -2.56. The molecule has 0 aromatic heterocycles. The van der Waals surface area contributed by atoms with Crippen LogP contribution < -0.4 is 5.73 Å². The quantitative estimate of drug-likeness (QED) is 0.454. The summed E-state index contributed by atoms with van der Waals surface area (Å²) >= 11 is 13.9. The zero-order chi connectivity index (χ0) is 12.1. The van der Waals surface area contributed by atoms with Gasteiger partial charge >= 0.3 is 0 Å². The summed E-state index contributed by atoms with van der Waals surface area (Å²) in [4.78, 5) is 0.147. The zero-order valence-electron chi connectivity index (χ0n) is 8.43. The molecular weight excluding hydrogens is 458 g/mol. The van der Waals surface area contributed by atoms with E-state index in [1.54, 1.807) is 6.08 Å². The van der Waals surface area contributed by atoms with E-state index in [4.69, 9.17) is 10.5 Å². The summed E-state index contributed by atoms with van der Waals surface area (Å²) in [7, 11) is 0. The van der Waals surface area contributed by atoms with E-state index in [-0.39, 0.29) is 14.7 Å². The van der Waals surface area contributed by atoms with Gasteiger partial charge in [0.2, 0.25) is 0 Å². The first kappa shape index (κ1) is 16.6. The van der Waals surface area contributed by atoms with Gasteiger partial charge in [0.05, 0.1) is 11.4 Å². The molecule has 0 aliphatic carbocycles. The van der Waals surface area contributed by atoms with Crippen LogP contribution >= 0.6 is 63.7 Å². The van der Waals surface area contributed by atoms with Gasteiger partial charge in [0, 0.05) is 15.7 Å². The van der Waals surface area contributed by atoms with Gasteiger partial charge in [-0.15, -0.1) is 6.58 Å². The van der Waals surface area contributed by atoms with Gasteiger partial charge in [-0.1, -0.05) is 69.8 Å². The second-order valence-electron chi connectivity index (χ2n) is 3.36. The lowest BCUT2D eigenvalue weighted by atomic mass is 9.96. The van der Waals surface area contributed by atoms with Crippen LogP contribution in [-0.2, 0) is 4.74 Å². The number of hydrogen-bond acceptors (Lipinski definition) is 2. The van der Waals surface area contributed by atoms with Gasteiger partial charge in [0.15, 0.2) is 0 Å². The maximum absolute atomic E-state index is 6.23. The van der Waals surface area contributed by atoms with Gasteiger partial charge in [-0.2, -0.15) is 0 Å². The molecular formula is C9H15Br4NO. The molecule has 0 fully saturated rings. The maximum Gasteiger partial charge on any atom is 0.127 e. The van der Waals surface area contributed by atoms with E-state index in [1.165, 1.54) is 0 Å². The van der Waals surface area contributed by atoms with Gasteiger partial charge in [-0.25, -0.2) is 0 Å². The highest BCUT2D eigenvalue weighted by atomic mass is 79.9. The Morgan fingerprint density at radius 2 is 2.00 bits per heavy atom. The van der Waals surface area contributed by atoms with Crippen molar-refractivity contribution >= 4 is 63.7 Å². The maximum atomic E-state index is 6.23. The summed E-state index contributed by atoms with van der Waals surface area (Å²) in [5.74, 6) is 0. The van der Waals surface area contributed by atoms with Gasteiger partial charge in [-0.3, -0.25) is 0 Å². The Kier molecular flexibility index (Phi) is 8.64. The Balaban J connectivity index is 4.38. The minimum Gasteiger partial charge on any atom is -0.362 e. The van der Waals surface area contributed by atoms with Crippen molar-refractivity contribution in [3.63, 3.8) is 0 Å². The molecule has 0 aliphatic heterocycles. The number of hydrogen-bond donors (Lipinski definition) is 1. The second-order valence-corrected chi connectivity index (χ2v) is 7.00. The fourth-order valence-electron chi connectivity index (χ4n) is 0.866. The van der Waals surface area contributed by atoms with Crippen molar-refractivity contribution in [3.8, 4) is 0 Å². The molecule has 4 unspecified atom stereocenters. The predicted molar refractivity (Wildman–Crippen MR) is 80.7 cm³/mol. The third-order valence-electron chi connectivity index (χ3n) is 2.01. The van der Waals surface area contributed by atoms with E-state index >= 15 is 0 Å². The molecule has 0 amide bonds. The molecule has 2 nitrogen and oxygen atoms in total. The van der Waals surface area contributed by atoms with Crippen molar-refractivity contribution in [2.45, 2.75) is 27.1 Å². The van der Waals surface area contributed by atoms with Gasteiger partial charge in [0.1, 0.15) is 5.01 Å². The lowest BCUT2D eigenvalue weighted by Gasteiger charge is -2.36. The molecule has 0 rings (SSSR count). The first-order valence-electron chi connectivity index (χ1n) is 4.37. The average molecular weight is 473 g/mol. The van der Waals surface area contributed by atoms with Gasteiger partial charge in [0.25, 0.3) is 0 Å². The predicted octanol–water partition coefficient (Wildman–Crippen LogP) is 3.55. The third kappa shape index (κ3) is 5.17. The molecule has 0 saturated carbocycles. The van der Waals surface area contributed by atoms with E-state index in [9.17, 15) is 0 Å². The fourth-order valence-corrected chi connectivity index (χ4v) is 3.40. The van der Waals surface area contributed by atoms with E-state index < -0.39 is 5.54 Å². The van der Waals surface area contributed by atoms with Crippen LogP contribution in [0.25, 0.3) is 0 Å². The van der Waals surface area contributed by atoms with Crippen LogP contribution in [0.3, 0.4) is 0 Å². The molecule has 90 valence electrons. The highest BCUT2D eigenvalue weighted by Gasteiger charge is 2.38. The topological polar surface area (TPSA) is 35.2 Å². The Hall–Kier alpha value is 1.58. The average Bonchev–Trinajstić information content (AvgIpc) is 2.23. The second kappa shape index (κ2) is 7.82. The number of nitrogens with two attached hydrogens (primary N) is 1. The molecule has 15 heavy (non-hydrogen) atoms. The summed E-state index contributed by atoms with van der Waals surface area (Å²) < 4.78 is 5.47. The number of ether oxygens (including phenoxy) is 1. The first-order chi connectivity index (χ1) is 6.87. The smallest absolute Gasteiger partial charge is 0.127 e. The molecule has 4 atom stereocenters. The van der Waals surface area contributed by atoms with Crippen molar-refractivity contribution in [2.24, 2.45) is 5.73 Å². The first-order valence-corrected chi connectivity index (χ1v) is 8.24. The Morgan fingerprint density at radius 1 is 1.47 bits per heavy atom. The van der Waals surface area contributed by atoms with E-state index in [2.05, 4.69) is 70.3 Å². The van der Waals surface area contributed by atoms with Gasteiger partial charge in [-0.05, 0) is 6.92 Å². The number of halogens is 4. The monoisotopic (exact) mass is 469 g/mol. The minimum atomic E-state index is -0.432. The lowest BCUT2D eigenvalue weighted by molar-refractivity contribution is 0.127. The third-order valence-corrected chi connectivity index (χ3v) is 7.80. The fraction of sp³-hybridized carbons (Fsp3) is 0.778. The molecule has 0 aromatic rings. The molecule has 0 heterocycles. The van der Waals surface area contributed by atoms with Crippen LogP contribution in [0.1, 0.15) is 6.92 Å². The van der Waals surface area contributed by atoms with Crippen molar-refractivity contribution in [1.29, 1.82) is 0 Å². The van der Waals surface area contributed by atoms with Crippen molar-refractivity contribution in [3.05, 3.63) is 12.7 Å². The zero-order valence-corrected chi connectivity index (χ0v) is 14.8. The number of rotatable bonds is 7. The molecule has 0 radical (unpaired) electrons. The van der Waals surface area contributed by atoms with Crippen molar-refractivity contribution in [2.75, 3.05) is 11.9 Å². The normalized spacial score (nSPS) is 21.5. The summed E-state index contributed by atoms with van der Waals surface area (Å²) in [6.45, 7) is 6.06. The van der Waals surface area contributed by atoms with Crippen LogP contribution in [0.4, 0.5) is 0 Å². The largest absolute Gasteiger partial charge is 0.362 e. The summed E-state index contributed by atoms with van der Waals surface area (Å²) in [5.41, 5.74) is 5.80. The minimum absolute atomic E-state index is 0.00752. The molecule has 0 saturated heterocycles. The van der Waals surface area contributed by atoms with Crippen LogP contribution in [0.2, 0.25) is 0 Å². The summed E-state index contributed by atoms with van der Waals surface area (Å²) in [6.07, 6.45) is 1.71. The van der Waals surface area contributed by atoms with Crippen molar-refractivity contribution < 1.29 is 4.74 Å². The Bertz CT molecular complexity index is 201. The molecule has 6 heteroatoms. The van der Waals surface area contributed by atoms with Crippen LogP contribution in [-0.4, -0.2) is 32.1 Å².